The van der Waals surface area contributed by atoms with Gasteiger partial charge in [0.15, 0.2) is 0 Å². The number of nitrogens with zero attached hydrogens (tertiary/aromatic N) is 3. The maximum atomic E-state index is 12.1. The van der Waals surface area contributed by atoms with E-state index in [-0.39, 0.29) is 22.0 Å². The summed E-state index contributed by atoms with van der Waals surface area (Å²) in [5.74, 6) is -0.587. The van der Waals surface area contributed by atoms with Crippen LogP contribution in [0.5, 0.6) is 5.75 Å². The standard InChI is InChI=1S/C18H19ClN4O4/c1-3-22(4-2)13-6-5-12(17(24)10-13)11-20-21-18(25)15-8-7-14(23(26)27)9-16(15)19/h5-11,24H,3-4H2,1-2H3,(H,21,25). The van der Waals surface area contributed by atoms with Crippen molar-refractivity contribution < 1.29 is 14.8 Å². The van der Waals surface area contributed by atoms with Gasteiger partial charge in [0, 0.05) is 42.5 Å². The molecule has 0 aliphatic heterocycles. The van der Waals surface area contributed by atoms with Gasteiger partial charge in [0.25, 0.3) is 11.6 Å². The lowest BCUT2D eigenvalue weighted by molar-refractivity contribution is -0.384. The van der Waals surface area contributed by atoms with Crippen molar-refractivity contribution in [2.45, 2.75) is 13.8 Å². The number of hydrogen-bond acceptors (Lipinski definition) is 6. The molecule has 0 saturated heterocycles. The predicted octanol–water partition coefficient (Wildman–Crippen LogP) is 3.56. The molecule has 0 unspecified atom stereocenters. The Labute approximate surface area is 161 Å². The van der Waals surface area contributed by atoms with Crippen LogP contribution in [0.25, 0.3) is 0 Å². The van der Waals surface area contributed by atoms with Gasteiger partial charge in [-0.3, -0.25) is 14.9 Å². The summed E-state index contributed by atoms with van der Waals surface area (Å²) in [6.45, 7) is 5.68. The van der Waals surface area contributed by atoms with E-state index >= 15 is 0 Å². The van der Waals surface area contributed by atoms with Crippen LogP contribution in [-0.4, -0.2) is 35.2 Å². The number of anilines is 1. The number of phenols is 1. The molecule has 27 heavy (non-hydrogen) atoms. The molecule has 0 aromatic heterocycles. The zero-order chi connectivity index (χ0) is 20.0. The number of carbonyl (C=O) groups is 1. The summed E-state index contributed by atoms with van der Waals surface area (Å²) in [4.78, 5) is 24.3. The second-order valence-electron chi connectivity index (χ2n) is 5.54. The highest BCUT2D eigenvalue weighted by atomic mass is 35.5. The molecule has 2 aromatic rings. The number of nitro groups is 1. The number of hydrogen-bond donors (Lipinski definition) is 2. The van der Waals surface area contributed by atoms with Crippen molar-refractivity contribution in [2.75, 3.05) is 18.0 Å². The van der Waals surface area contributed by atoms with Gasteiger partial charge in [-0.1, -0.05) is 11.6 Å². The average Bonchev–Trinajstić information content (AvgIpc) is 2.64. The Kier molecular flexibility index (Phi) is 6.73. The smallest absolute Gasteiger partial charge is 0.272 e. The van der Waals surface area contributed by atoms with E-state index in [1.165, 1.54) is 18.3 Å². The number of nitrogens with one attached hydrogen (secondary N) is 1. The SMILES string of the molecule is CCN(CC)c1ccc(C=NNC(=O)c2ccc([N+](=O)[O-])cc2Cl)c(O)c1. The molecule has 0 atom stereocenters. The van der Waals surface area contributed by atoms with E-state index in [1.807, 2.05) is 19.9 Å². The minimum Gasteiger partial charge on any atom is -0.507 e. The Morgan fingerprint density at radius 1 is 1.30 bits per heavy atom. The third-order valence-electron chi connectivity index (χ3n) is 3.92. The molecule has 0 aliphatic rings. The van der Waals surface area contributed by atoms with E-state index in [2.05, 4.69) is 15.4 Å². The Morgan fingerprint density at radius 2 is 2.00 bits per heavy atom. The second kappa shape index (κ2) is 9.00. The number of aromatic hydroxyl groups is 1. The molecule has 2 rings (SSSR count). The van der Waals surface area contributed by atoms with E-state index in [9.17, 15) is 20.0 Å². The van der Waals surface area contributed by atoms with Crippen LogP contribution in [0.2, 0.25) is 5.02 Å². The normalized spacial score (nSPS) is 10.8. The molecule has 0 radical (unpaired) electrons. The summed E-state index contributed by atoms with van der Waals surface area (Å²) in [5.41, 5.74) is 3.44. The highest BCUT2D eigenvalue weighted by molar-refractivity contribution is 6.34. The van der Waals surface area contributed by atoms with Gasteiger partial charge in [-0.2, -0.15) is 5.10 Å². The van der Waals surface area contributed by atoms with Crippen molar-refractivity contribution >= 4 is 35.1 Å². The molecule has 0 aliphatic carbocycles. The van der Waals surface area contributed by atoms with Crippen LogP contribution in [0, 0.1) is 10.1 Å². The van der Waals surface area contributed by atoms with E-state index in [0.29, 0.717) is 5.56 Å². The zero-order valence-corrected chi connectivity index (χ0v) is 15.6. The fourth-order valence-electron chi connectivity index (χ4n) is 2.45. The highest BCUT2D eigenvalue weighted by Gasteiger charge is 2.14. The fourth-order valence-corrected chi connectivity index (χ4v) is 2.71. The molecule has 1 amide bonds. The van der Waals surface area contributed by atoms with Crippen LogP contribution >= 0.6 is 11.6 Å². The monoisotopic (exact) mass is 390 g/mol. The van der Waals surface area contributed by atoms with Gasteiger partial charge in [0.1, 0.15) is 5.75 Å². The maximum Gasteiger partial charge on any atom is 0.272 e. The zero-order valence-electron chi connectivity index (χ0n) is 14.8. The molecule has 2 N–H and O–H groups in total. The number of rotatable bonds is 7. The van der Waals surface area contributed by atoms with Gasteiger partial charge in [-0.25, -0.2) is 5.43 Å². The number of phenolic OH excluding ortho intramolecular Hbond substituents is 1. The molecule has 9 heteroatoms. The number of amides is 1. The quantitative estimate of drug-likeness (QED) is 0.427. The van der Waals surface area contributed by atoms with Gasteiger partial charge >= 0.3 is 0 Å². The van der Waals surface area contributed by atoms with Crippen molar-refractivity contribution in [3.05, 3.63) is 62.7 Å². The molecule has 142 valence electrons. The van der Waals surface area contributed by atoms with Crippen LogP contribution < -0.4 is 10.3 Å². The number of benzene rings is 2. The lowest BCUT2D eigenvalue weighted by Gasteiger charge is -2.21. The summed E-state index contributed by atoms with van der Waals surface area (Å²) in [7, 11) is 0. The van der Waals surface area contributed by atoms with Crippen LogP contribution in [-0.2, 0) is 0 Å². The Bertz CT molecular complexity index is 882. The van der Waals surface area contributed by atoms with Crippen LogP contribution in [0.3, 0.4) is 0 Å². The third kappa shape index (κ3) is 4.95. The summed E-state index contributed by atoms with van der Waals surface area (Å²) < 4.78 is 0. The molecule has 0 spiro atoms. The van der Waals surface area contributed by atoms with Gasteiger partial charge in [-0.15, -0.1) is 0 Å². The fraction of sp³-hybridized carbons (Fsp3) is 0.222. The lowest BCUT2D eigenvalue weighted by atomic mass is 10.2. The lowest BCUT2D eigenvalue weighted by Crippen LogP contribution is -2.21. The van der Waals surface area contributed by atoms with E-state index in [4.69, 9.17) is 11.6 Å². The largest absolute Gasteiger partial charge is 0.507 e. The van der Waals surface area contributed by atoms with E-state index in [0.717, 1.165) is 24.8 Å². The topological polar surface area (TPSA) is 108 Å². The first-order chi connectivity index (χ1) is 12.9. The van der Waals surface area contributed by atoms with Crippen molar-refractivity contribution in [3.63, 3.8) is 0 Å². The molecule has 0 saturated carbocycles. The first kappa shape index (κ1) is 20.2. The van der Waals surface area contributed by atoms with Crippen LogP contribution in [0.4, 0.5) is 11.4 Å². The first-order valence-corrected chi connectivity index (χ1v) is 8.60. The third-order valence-corrected chi connectivity index (χ3v) is 4.23. The minimum absolute atomic E-state index is 0.0331. The number of non-ortho nitro benzene ring substituents is 1. The van der Waals surface area contributed by atoms with Gasteiger partial charge in [-0.05, 0) is 32.0 Å². The van der Waals surface area contributed by atoms with Crippen molar-refractivity contribution in [1.29, 1.82) is 0 Å². The second-order valence-corrected chi connectivity index (χ2v) is 5.94. The molecule has 0 fully saturated rings. The van der Waals surface area contributed by atoms with E-state index in [1.54, 1.807) is 12.1 Å². The van der Waals surface area contributed by atoms with Crippen molar-refractivity contribution in [3.8, 4) is 5.75 Å². The van der Waals surface area contributed by atoms with Gasteiger partial charge < -0.3 is 10.0 Å². The van der Waals surface area contributed by atoms with Gasteiger partial charge in [0.05, 0.1) is 21.7 Å². The Balaban J connectivity index is 2.09. The first-order valence-electron chi connectivity index (χ1n) is 8.22. The maximum absolute atomic E-state index is 12.1. The van der Waals surface area contributed by atoms with Crippen molar-refractivity contribution in [1.82, 2.24) is 5.43 Å². The minimum atomic E-state index is -0.620. The van der Waals surface area contributed by atoms with Crippen LogP contribution in [0.1, 0.15) is 29.8 Å². The Hall–Kier alpha value is -3.13. The number of nitro benzene ring substituents is 1. The summed E-state index contributed by atoms with van der Waals surface area (Å²) in [5, 5.41) is 24.6. The Morgan fingerprint density at radius 3 is 2.56 bits per heavy atom. The summed E-state index contributed by atoms with van der Waals surface area (Å²) in [6, 6.07) is 8.70. The highest BCUT2D eigenvalue weighted by Crippen LogP contribution is 2.24. The predicted molar refractivity (Wildman–Crippen MR) is 105 cm³/mol. The molecule has 8 nitrogen and oxygen atoms in total. The number of carbonyl (C=O) groups excluding carboxylic acids is 1. The molecular formula is C18H19ClN4O4. The summed E-state index contributed by atoms with van der Waals surface area (Å²) in [6.07, 6.45) is 1.30. The van der Waals surface area contributed by atoms with Crippen molar-refractivity contribution in [2.24, 2.45) is 5.10 Å². The van der Waals surface area contributed by atoms with Gasteiger partial charge in [0.2, 0.25) is 0 Å². The molecular weight excluding hydrogens is 372 g/mol. The average molecular weight is 391 g/mol. The number of halogens is 1. The summed E-state index contributed by atoms with van der Waals surface area (Å²) >= 11 is 5.90. The number of hydrazone groups is 1. The van der Waals surface area contributed by atoms with Crippen LogP contribution in [0.15, 0.2) is 41.5 Å². The molecule has 0 bridgehead atoms. The van der Waals surface area contributed by atoms with E-state index < -0.39 is 10.8 Å². The molecule has 0 heterocycles. The molecule has 2 aromatic carbocycles.